The maximum atomic E-state index is 12.8. The molecule has 0 saturated carbocycles. The Morgan fingerprint density at radius 1 is 1.17 bits per heavy atom. The van der Waals surface area contributed by atoms with Crippen LogP contribution in [0.25, 0.3) is 0 Å². The van der Waals surface area contributed by atoms with Gasteiger partial charge in [-0.05, 0) is 55.8 Å². The molecule has 2 amide bonds. The van der Waals surface area contributed by atoms with E-state index in [2.05, 4.69) is 16.3 Å². The summed E-state index contributed by atoms with van der Waals surface area (Å²) in [5.41, 5.74) is 1.95. The lowest BCUT2D eigenvalue weighted by atomic mass is 10.0. The zero-order valence-corrected chi connectivity index (χ0v) is 18.0. The molecule has 0 aliphatic carbocycles. The number of rotatable bonds is 7. The zero-order valence-electron chi connectivity index (χ0n) is 17.2. The Bertz CT molecular complexity index is 914. The summed E-state index contributed by atoms with van der Waals surface area (Å²) >= 11 is 1.52. The minimum absolute atomic E-state index is 0.0299. The number of likely N-dealkylation sites (tertiary alicyclic amines) is 1. The molecule has 0 bridgehead atoms. The van der Waals surface area contributed by atoms with Gasteiger partial charge in [0.15, 0.2) is 0 Å². The Labute approximate surface area is 181 Å². The monoisotopic (exact) mass is 425 g/mol. The summed E-state index contributed by atoms with van der Waals surface area (Å²) in [6, 6.07) is 15.9. The number of ether oxygens (including phenoxy) is 1. The number of nitrogens with zero attached hydrogens (tertiary/aromatic N) is 2. The van der Waals surface area contributed by atoms with E-state index in [-0.39, 0.29) is 24.4 Å². The van der Waals surface area contributed by atoms with Crippen molar-refractivity contribution >= 4 is 29.3 Å². The molecule has 1 atom stereocenters. The van der Waals surface area contributed by atoms with Crippen LogP contribution in [0.1, 0.15) is 24.4 Å². The summed E-state index contributed by atoms with van der Waals surface area (Å²) in [5.74, 6) is 1.01. The number of thioether (sulfide) groups is 1. The molecule has 2 aromatic rings. The van der Waals surface area contributed by atoms with E-state index in [1.807, 2.05) is 42.5 Å². The molecule has 30 heavy (non-hydrogen) atoms. The average molecular weight is 426 g/mol. The molecule has 1 fully saturated rings. The first-order chi connectivity index (χ1) is 14.7. The summed E-state index contributed by atoms with van der Waals surface area (Å²) in [6.45, 7) is 2.59. The number of carbonyl (C=O) groups excluding carboxylic acids is 2. The smallest absolute Gasteiger partial charge is 0.240 e. The van der Waals surface area contributed by atoms with Gasteiger partial charge in [0, 0.05) is 11.4 Å². The first kappa shape index (κ1) is 20.8. The van der Waals surface area contributed by atoms with Gasteiger partial charge in [-0.1, -0.05) is 24.3 Å². The molecule has 1 unspecified atom stereocenters. The van der Waals surface area contributed by atoms with Gasteiger partial charge in [-0.3, -0.25) is 14.5 Å². The normalized spacial score (nSPS) is 17.5. The Morgan fingerprint density at radius 2 is 1.97 bits per heavy atom. The molecule has 2 heterocycles. The molecule has 4 rings (SSSR count). The van der Waals surface area contributed by atoms with Crippen LogP contribution in [0, 0.1) is 0 Å². The highest BCUT2D eigenvalue weighted by Crippen LogP contribution is 2.34. The Balaban J connectivity index is 1.44. The third-order valence-electron chi connectivity index (χ3n) is 5.66. The molecule has 0 aromatic heterocycles. The fraction of sp³-hybridized carbons (Fsp3) is 0.391. The van der Waals surface area contributed by atoms with Crippen LogP contribution in [-0.4, -0.2) is 55.8 Å². The number of nitrogens with one attached hydrogen (secondary N) is 1. The average Bonchev–Trinajstić information content (AvgIpc) is 3.30. The number of anilines is 1. The van der Waals surface area contributed by atoms with Crippen LogP contribution in [0.2, 0.25) is 0 Å². The van der Waals surface area contributed by atoms with E-state index in [0.29, 0.717) is 12.3 Å². The van der Waals surface area contributed by atoms with Gasteiger partial charge in [-0.25, -0.2) is 0 Å². The number of carbonyl (C=O) groups is 2. The molecule has 0 spiro atoms. The third kappa shape index (κ3) is 4.63. The summed E-state index contributed by atoms with van der Waals surface area (Å²) < 4.78 is 5.39. The summed E-state index contributed by atoms with van der Waals surface area (Å²) in [7, 11) is 1.66. The quantitative estimate of drug-likeness (QED) is 0.739. The zero-order chi connectivity index (χ0) is 20.9. The van der Waals surface area contributed by atoms with Crippen LogP contribution >= 0.6 is 11.8 Å². The van der Waals surface area contributed by atoms with Crippen molar-refractivity contribution < 1.29 is 14.3 Å². The van der Waals surface area contributed by atoms with Crippen molar-refractivity contribution in [1.29, 1.82) is 0 Å². The van der Waals surface area contributed by atoms with Gasteiger partial charge in [0.1, 0.15) is 12.3 Å². The van der Waals surface area contributed by atoms with Crippen LogP contribution in [-0.2, 0) is 9.59 Å². The highest BCUT2D eigenvalue weighted by atomic mass is 32.2. The predicted molar refractivity (Wildman–Crippen MR) is 119 cm³/mol. The van der Waals surface area contributed by atoms with Crippen molar-refractivity contribution in [1.82, 2.24) is 10.2 Å². The standard InChI is InChI=1S/C23H27N3O3S/c1-29-18-8-6-7-17(13-18)20(25-11-4-5-12-25)14-24-22(27)15-26-19-9-2-3-10-21(19)30-16-23(26)28/h2-3,6-10,13,20H,4-5,11-12,14-16H2,1H3,(H,24,27). The van der Waals surface area contributed by atoms with E-state index in [1.165, 1.54) is 24.6 Å². The Kier molecular flexibility index (Phi) is 6.59. The number of para-hydroxylation sites is 1. The first-order valence-electron chi connectivity index (χ1n) is 10.3. The molecule has 0 radical (unpaired) electrons. The Morgan fingerprint density at radius 3 is 2.77 bits per heavy atom. The van der Waals surface area contributed by atoms with E-state index >= 15 is 0 Å². The molecular weight excluding hydrogens is 398 g/mol. The topological polar surface area (TPSA) is 61.9 Å². The minimum atomic E-state index is -0.142. The second-order valence-electron chi connectivity index (χ2n) is 7.58. The summed E-state index contributed by atoms with van der Waals surface area (Å²) in [5, 5.41) is 3.07. The molecule has 7 heteroatoms. The number of methoxy groups -OCH3 is 1. The van der Waals surface area contributed by atoms with E-state index in [4.69, 9.17) is 4.74 Å². The molecule has 2 aliphatic heterocycles. The lowest BCUT2D eigenvalue weighted by Crippen LogP contribution is -2.45. The van der Waals surface area contributed by atoms with E-state index in [1.54, 1.807) is 12.0 Å². The maximum absolute atomic E-state index is 12.8. The molecule has 158 valence electrons. The molecule has 2 aliphatic rings. The lowest BCUT2D eigenvalue weighted by molar-refractivity contribution is -0.123. The molecule has 6 nitrogen and oxygen atoms in total. The van der Waals surface area contributed by atoms with Crippen molar-refractivity contribution in [3.8, 4) is 5.75 Å². The molecule has 2 aromatic carbocycles. The number of fused-ring (bicyclic) bond motifs is 1. The van der Waals surface area contributed by atoms with E-state index < -0.39 is 0 Å². The second-order valence-corrected chi connectivity index (χ2v) is 8.59. The van der Waals surface area contributed by atoms with Crippen molar-refractivity contribution in [3.05, 3.63) is 54.1 Å². The van der Waals surface area contributed by atoms with E-state index in [9.17, 15) is 9.59 Å². The van der Waals surface area contributed by atoms with Crippen molar-refractivity contribution in [2.24, 2.45) is 0 Å². The van der Waals surface area contributed by atoms with Gasteiger partial charge in [0.2, 0.25) is 11.8 Å². The number of benzene rings is 2. The van der Waals surface area contributed by atoms with Crippen LogP contribution in [0.4, 0.5) is 5.69 Å². The number of hydrogen-bond donors (Lipinski definition) is 1. The van der Waals surface area contributed by atoms with Gasteiger partial charge < -0.3 is 15.0 Å². The lowest BCUT2D eigenvalue weighted by Gasteiger charge is -2.30. The molecular formula is C23H27N3O3S. The van der Waals surface area contributed by atoms with Crippen molar-refractivity contribution in [2.75, 3.05) is 43.9 Å². The molecule has 1 N–H and O–H groups in total. The van der Waals surface area contributed by atoms with Gasteiger partial charge >= 0.3 is 0 Å². The fourth-order valence-corrected chi connectivity index (χ4v) is 5.03. The van der Waals surface area contributed by atoms with Gasteiger partial charge in [-0.2, -0.15) is 0 Å². The molecule has 1 saturated heterocycles. The van der Waals surface area contributed by atoms with E-state index in [0.717, 1.165) is 35.0 Å². The third-order valence-corrected chi connectivity index (χ3v) is 6.71. The predicted octanol–water partition coefficient (Wildman–Crippen LogP) is 3.09. The van der Waals surface area contributed by atoms with Crippen LogP contribution in [0.5, 0.6) is 5.75 Å². The Hall–Kier alpha value is -2.51. The first-order valence-corrected chi connectivity index (χ1v) is 11.3. The number of hydrogen-bond acceptors (Lipinski definition) is 5. The maximum Gasteiger partial charge on any atom is 0.240 e. The SMILES string of the molecule is COc1cccc(C(CNC(=O)CN2C(=O)CSc3ccccc32)N2CCCC2)c1. The highest BCUT2D eigenvalue weighted by Gasteiger charge is 2.28. The van der Waals surface area contributed by atoms with Gasteiger partial charge in [-0.15, -0.1) is 11.8 Å². The van der Waals surface area contributed by atoms with Crippen molar-refractivity contribution in [2.45, 2.75) is 23.8 Å². The van der Waals surface area contributed by atoms with Crippen LogP contribution < -0.4 is 15.0 Å². The highest BCUT2D eigenvalue weighted by molar-refractivity contribution is 8.00. The van der Waals surface area contributed by atoms with Crippen molar-refractivity contribution in [3.63, 3.8) is 0 Å². The summed E-state index contributed by atoms with van der Waals surface area (Å²) in [4.78, 5) is 30.3. The summed E-state index contributed by atoms with van der Waals surface area (Å²) in [6.07, 6.45) is 2.34. The minimum Gasteiger partial charge on any atom is -0.497 e. The van der Waals surface area contributed by atoms with Gasteiger partial charge in [0.25, 0.3) is 0 Å². The van der Waals surface area contributed by atoms with Crippen LogP contribution in [0.3, 0.4) is 0 Å². The number of amides is 2. The second kappa shape index (κ2) is 9.53. The van der Waals surface area contributed by atoms with Gasteiger partial charge in [0.05, 0.1) is 24.6 Å². The largest absolute Gasteiger partial charge is 0.497 e. The van der Waals surface area contributed by atoms with Crippen LogP contribution in [0.15, 0.2) is 53.4 Å². The fourth-order valence-electron chi connectivity index (χ4n) is 4.10.